The van der Waals surface area contributed by atoms with E-state index in [-0.39, 0.29) is 23.9 Å². The van der Waals surface area contributed by atoms with Crippen molar-refractivity contribution in [2.45, 2.75) is 26.4 Å². The van der Waals surface area contributed by atoms with Crippen LogP contribution in [-0.2, 0) is 20.0 Å². The summed E-state index contributed by atoms with van der Waals surface area (Å²) >= 11 is 0. The number of aryl methyl sites for hydroxylation is 2. The van der Waals surface area contributed by atoms with Crippen LogP contribution in [0.15, 0.2) is 12.4 Å². The molecule has 0 atom stereocenters. The average Bonchev–Trinajstić information content (AvgIpc) is 3.02. The molecule has 0 radical (unpaired) electrons. The minimum Gasteiger partial charge on any atom is -0.347 e. The van der Waals surface area contributed by atoms with Crippen molar-refractivity contribution in [3.63, 3.8) is 0 Å². The lowest BCUT2D eigenvalue weighted by molar-refractivity contribution is -0.384. The minimum atomic E-state index is -2.71. The lowest BCUT2D eigenvalue weighted by Crippen LogP contribution is -2.23. The topological polar surface area (TPSA) is 82.0 Å². The van der Waals surface area contributed by atoms with Crippen LogP contribution in [-0.4, -0.2) is 31.3 Å². The van der Waals surface area contributed by atoms with Gasteiger partial charge in [0.15, 0.2) is 0 Å². The molecule has 22 heavy (non-hydrogen) atoms. The van der Waals surface area contributed by atoms with Crippen LogP contribution in [0, 0.1) is 10.1 Å². The first-order chi connectivity index (χ1) is 10.4. The van der Waals surface area contributed by atoms with Gasteiger partial charge in [0, 0.05) is 26.5 Å². The first-order valence-corrected chi connectivity index (χ1v) is 6.58. The van der Waals surface area contributed by atoms with Gasteiger partial charge in [-0.25, -0.2) is 9.67 Å². The smallest absolute Gasteiger partial charge is 0.334 e. The zero-order valence-corrected chi connectivity index (χ0v) is 12.4. The summed E-state index contributed by atoms with van der Waals surface area (Å²) in [6.45, 7) is -0.942. The fraction of sp³-hybridized carbons (Fsp3) is 0.500. The van der Waals surface area contributed by atoms with Crippen molar-refractivity contribution in [2.24, 2.45) is 7.05 Å². The molecule has 0 bridgehead atoms. The lowest BCUT2D eigenvalue weighted by Gasteiger charge is -2.18. The second-order valence-corrected chi connectivity index (χ2v) is 4.74. The van der Waals surface area contributed by atoms with Crippen LogP contribution < -0.4 is 4.90 Å². The van der Waals surface area contributed by atoms with Crippen molar-refractivity contribution in [3.05, 3.63) is 34.0 Å². The van der Waals surface area contributed by atoms with Gasteiger partial charge in [0.25, 0.3) is 0 Å². The Hall–Kier alpha value is -2.52. The molecule has 0 N–H and O–H groups in total. The maximum atomic E-state index is 12.8. The zero-order chi connectivity index (χ0) is 16.4. The Morgan fingerprint density at radius 2 is 2.18 bits per heavy atom. The van der Waals surface area contributed by atoms with E-state index in [9.17, 15) is 18.9 Å². The molecule has 0 amide bonds. The van der Waals surface area contributed by atoms with Crippen molar-refractivity contribution in [1.29, 1.82) is 0 Å². The standard InChI is InChI=1S/C12H16F2N6O2/c1-4-8-10(20(21)22)11(18(3)16-8)17(2)7-9-15-5-6-19(9)12(13)14/h5-6,12H,4,7H2,1-3H3. The molecular formula is C12H16F2N6O2. The van der Waals surface area contributed by atoms with Gasteiger partial charge in [0.05, 0.1) is 11.5 Å². The number of halogens is 2. The molecule has 10 heteroatoms. The van der Waals surface area contributed by atoms with Crippen LogP contribution in [0.1, 0.15) is 25.0 Å². The van der Waals surface area contributed by atoms with Gasteiger partial charge in [-0.1, -0.05) is 6.92 Å². The Morgan fingerprint density at radius 3 is 2.73 bits per heavy atom. The van der Waals surface area contributed by atoms with Crippen LogP contribution in [0.4, 0.5) is 20.3 Å². The fourth-order valence-corrected chi connectivity index (χ4v) is 2.34. The Bertz CT molecular complexity index is 681. The predicted octanol–water partition coefficient (Wildman–Crippen LogP) is 2.12. The molecule has 0 aliphatic heterocycles. The molecule has 0 spiro atoms. The summed E-state index contributed by atoms with van der Waals surface area (Å²) < 4.78 is 27.8. The van der Waals surface area contributed by atoms with Gasteiger partial charge >= 0.3 is 12.2 Å². The quantitative estimate of drug-likeness (QED) is 0.602. The van der Waals surface area contributed by atoms with E-state index in [0.29, 0.717) is 12.1 Å². The van der Waals surface area contributed by atoms with Gasteiger partial charge in [-0.05, 0) is 6.42 Å². The van der Waals surface area contributed by atoms with Gasteiger partial charge in [0.2, 0.25) is 5.82 Å². The second-order valence-electron chi connectivity index (χ2n) is 4.74. The third-order valence-corrected chi connectivity index (χ3v) is 3.28. The van der Waals surface area contributed by atoms with Gasteiger partial charge < -0.3 is 4.90 Å². The van der Waals surface area contributed by atoms with Crippen LogP contribution in [0.3, 0.4) is 0 Å². The summed E-state index contributed by atoms with van der Waals surface area (Å²) in [7, 11) is 3.16. The molecule has 0 aromatic carbocycles. The van der Waals surface area contributed by atoms with E-state index in [0.717, 1.165) is 4.57 Å². The van der Waals surface area contributed by atoms with Gasteiger partial charge in [-0.3, -0.25) is 14.7 Å². The molecule has 120 valence electrons. The number of anilines is 1. The highest BCUT2D eigenvalue weighted by Gasteiger charge is 2.29. The molecule has 0 aliphatic carbocycles. The summed E-state index contributed by atoms with van der Waals surface area (Å²) in [5, 5.41) is 15.4. The van der Waals surface area contributed by atoms with Gasteiger partial charge in [-0.15, -0.1) is 0 Å². The van der Waals surface area contributed by atoms with Gasteiger partial charge in [-0.2, -0.15) is 13.9 Å². The van der Waals surface area contributed by atoms with Crippen LogP contribution in [0.25, 0.3) is 0 Å². The Balaban J connectivity index is 2.37. The number of hydrogen-bond acceptors (Lipinski definition) is 5. The molecule has 0 unspecified atom stereocenters. The molecule has 0 saturated heterocycles. The highest BCUT2D eigenvalue weighted by molar-refractivity contribution is 5.61. The number of aromatic nitrogens is 4. The largest absolute Gasteiger partial charge is 0.347 e. The van der Waals surface area contributed by atoms with E-state index in [1.165, 1.54) is 22.0 Å². The maximum Gasteiger partial charge on any atom is 0.334 e. The first kappa shape index (κ1) is 15.9. The second kappa shape index (κ2) is 6.08. The zero-order valence-electron chi connectivity index (χ0n) is 12.4. The Kier molecular flexibility index (Phi) is 4.38. The minimum absolute atomic E-state index is 0.000861. The molecular weight excluding hydrogens is 298 g/mol. The fourth-order valence-electron chi connectivity index (χ4n) is 2.34. The van der Waals surface area contributed by atoms with Crippen molar-refractivity contribution in [2.75, 3.05) is 11.9 Å². The SMILES string of the molecule is CCc1nn(C)c(N(C)Cc2nccn2C(F)F)c1[N+](=O)[O-]. The normalized spacial score (nSPS) is 11.2. The monoisotopic (exact) mass is 314 g/mol. The number of alkyl halides is 2. The number of hydrogen-bond donors (Lipinski definition) is 0. The van der Waals surface area contributed by atoms with E-state index in [1.807, 2.05) is 0 Å². The van der Waals surface area contributed by atoms with E-state index in [1.54, 1.807) is 21.0 Å². The summed E-state index contributed by atoms with van der Waals surface area (Å²) in [5.41, 5.74) is 0.245. The van der Waals surface area contributed by atoms with Crippen LogP contribution in [0.2, 0.25) is 0 Å². The highest BCUT2D eigenvalue weighted by atomic mass is 19.3. The van der Waals surface area contributed by atoms with E-state index in [2.05, 4.69) is 10.1 Å². The molecule has 0 saturated carbocycles. The van der Waals surface area contributed by atoms with Gasteiger partial charge in [0.1, 0.15) is 11.5 Å². The lowest BCUT2D eigenvalue weighted by atomic mass is 10.3. The predicted molar refractivity (Wildman–Crippen MR) is 74.8 cm³/mol. The summed E-state index contributed by atoms with van der Waals surface area (Å²) in [5.74, 6) is 0.372. The molecule has 0 fully saturated rings. The van der Waals surface area contributed by atoms with Crippen molar-refractivity contribution >= 4 is 11.5 Å². The number of rotatable bonds is 6. The number of nitrogens with zero attached hydrogens (tertiary/aromatic N) is 6. The average molecular weight is 314 g/mol. The third-order valence-electron chi connectivity index (χ3n) is 3.28. The summed E-state index contributed by atoms with van der Waals surface area (Å²) in [4.78, 5) is 16.1. The van der Waals surface area contributed by atoms with Crippen molar-refractivity contribution in [3.8, 4) is 0 Å². The number of imidazole rings is 1. The molecule has 8 nitrogen and oxygen atoms in total. The number of nitro groups is 1. The molecule has 2 aromatic heterocycles. The summed E-state index contributed by atoms with van der Waals surface area (Å²) in [6.07, 6.45) is 2.84. The molecule has 2 aromatic rings. The van der Waals surface area contributed by atoms with E-state index < -0.39 is 11.5 Å². The van der Waals surface area contributed by atoms with E-state index >= 15 is 0 Å². The maximum absolute atomic E-state index is 12.8. The molecule has 0 aliphatic rings. The molecule has 2 rings (SSSR count). The Labute approximate surface area is 125 Å². The highest BCUT2D eigenvalue weighted by Crippen LogP contribution is 2.31. The van der Waals surface area contributed by atoms with Crippen molar-refractivity contribution < 1.29 is 13.7 Å². The summed E-state index contributed by atoms with van der Waals surface area (Å²) in [6, 6.07) is 0. The first-order valence-electron chi connectivity index (χ1n) is 6.58. The van der Waals surface area contributed by atoms with E-state index in [4.69, 9.17) is 0 Å². The van der Waals surface area contributed by atoms with Crippen molar-refractivity contribution in [1.82, 2.24) is 19.3 Å². The molecule has 2 heterocycles. The van der Waals surface area contributed by atoms with Crippen LogP contribution in [0.5, 0.6) is 0 Å². The third kappa shape index (κ3) is 2.76. The Morgan fingerprint density at radius 1 is 1.50 bits per heavy atom. The van der Waals surface area contributed by atoms with Crippen LogP contribution >= 0.6 is 0 Å².